The average molecular weight is 286 g/mol. The number of aliphatic carboxylic acids is 1. The van der Waals surface area contributed by atoms with Gasteiger partial charge in [-0.25, -0.2) is 0 Å². The van der Waals surface area contributed by atoms with Crippen molar-refractivity contribution in [1.29, 1.82) is 0 Å². The van der Waals surface area contributed by atoms with Gasteiger partial charge in [-0.3, -0.25) is 9.59 Å². The van der Waals surface area contributed by atoms with Crippen LogP contribution in [-0.4, -0.2) is 34.2 Å². The van der Waals surface area contributed by atoms with Crippen molar-refractivity contribution in [3.63, 3.8) is 0 Å². The first-order valence-electron chi connectivity index (χ1n) is 5.74. The lowest BCUT2D eigenvalue weighted by Gasteiger charge is -2.21. The van der Waals surface area contributed by atoms with E-state index in [4.69, 9.17) is 16.7 Å². The first kappa shape index (κ1) is 15.5. The van der Waals surface area contributed by atoms with E-state index >= 15 is 0 Å². The first-order chi connectivity index (χ1) is 8.78. The molecule has 5 nitrogen and oxygen atoms in total. The van der Waals surface area contributed by atoms with Gasteiger partial charge in [0.25, 0.3) is 0 Å². The van der Waals surface area contributed by atoms with Gasteiger partial charge in [0.15, 0.2) is 0 Å². The summed E-state index contributed by atoms with van der Waals surface area (Å²) in [5.74, 6) is -1.41. The molecule has 1 rings (SSSR count). The number of carbonyl (C=O) groups is 2. The number of rotatable bonds is 6. The minimum Gasteiger partial charge on any atom is -0.481 e. The summed E-state index contributed by atoms with van der Waals surface area (Å²) in [5.41, 5.74) is -0.710. The molecule has 19 heavy (non-hydrogen) atoms. The molecule has 0 radical (unpaired) electrons. The largest absolute Gasteiger partial charge is 0.481 e. The van der Waals surface area contributed by atoms with E-state index in [0.29, 0.717) is 5.02 Å². The smallest absolute Gasteiger partial charge is 0.306 e. The van der Waals surface area contributed by atoms with Crippen LogP contribution in [0, 0.1) is 0 Å². The Labute approximate surface area is 116 Å². The van der Waals surface area contributed by atoms with Gasteiger partial charge in [-0.2, -0.15) is 0 Å². The van der Waals surface area contributed by atoms with Crippen molar-refractivity contribution >= 4 is 23.5 Å². The van der Waals surface area contributed by atoms with E-state index in [1.54, 1.807) is 24.3 Å². The molecule has 0 aliphatic heterocycles. The van der Waals surface area contributed by atoms with Crippen molar-refractivity contribution in [3.8, 4) is 0 Å². The van der Waals surface area contributed by atoms with Crippen molar-refractivity contribution in [2.75, 3.05) is 6.54 Å². The minimum absolute atomic E-state index is 0.112. The Bertz CT molecular complexity index is 473. The Morgan fingerprint density at radius 3 is 2.68 bits per heavy atom. The van der Waals surface area contributed by atoms with Crippen LogP contribution in [0.5, 0.6) is 0 Å². The summed E-state index contributed by atoms with van der Waals surface area (Å²) in [6, 6.07) is 6.89. The number of nitrogens with one attached hydrogen (secondary N) is 1. The number of hydrogen-bond acceptors (Lipinski definition) is 3. The third-order valence-corrected chi connectivity index (χ3v) is 2.69. The Morgan fingerprint density at radius 2 is 2.11 bits per heavy atom. The molecule has 0 fully saturated rings. The van der Waals surface area contributed by atoms with Crippen LogP contribution >= 0.6 is 11.6 Å². The van der Waals surface area contributed by atoms with Crippen molar-refractivity contribution in [1.82, 2.24) is 5.32 Å². The fourth-order valence-electron chi connectivity index (χ4n) is 1.57. The topological polar surface area (TPSA) is 86.6 Å². The van der Waals surface area contributed by atoms with Crippen molar-refractivity contribution in [3.05, 3.63) is 34.9 Å². The zero-order valence-corrected chi connectivity index (χ0v) is 11.3. The lowest BCUT2D eigenvalue weighted by Crippen LogP contribution is -2.42. The lowest BCUT2D eigenvalue weighted by atomic mass is 10.0. The summed E-state index contributed by atoms with van der Waals surface area (Å²) in [7, 11) is 0. The summed E-state index contributed by atoms with van der Waals surface area (Å²) < 4.78 is 0. The summed E-state index contributed by atoms with van der Waals surface area (Å²) in [5, 5.41) is 21.4. The zero-order chi connectivity index (χ0) is 14.5. The van der Waals surface area contributed by atoms with Gasteiger partial charge in [-0.05, 0) is 24.6 Å². The van der Waals surface area contributed by atoms with Gasteiger partial charge in [0.05, 0.1) is 18.4 Å². The standard InChI is InChI=1S/C13H16ClNO4/c1-13(19,7-12(17)18)8-15-11(16)6-9-3-2-4-10(14)5-9/h2-5,19H,6-8H2,1H3,(H,15,16)(H,17,18). The van der Waals surface area contributed by atoms with Gasteiger partial charge in [-0.15, -0.1) is 0 Å². The molecule has 0 aliphatic carbocycles. The normalized spacial score (nSPS) is 13.6. The van der Waals surface area contributed by atoms with Crippen LogP contribution in [-0.2, 0) is 16.0 Å². The number of carboxylic acids is 1. The Hall–Kier alpha value is -1.59. The van der Waals surface area contributed by atoms with E-state index in [2.05, 4.69) is 5.32 Å². The van der Waals surface area contributed by atoms with E-state index in [1.807, 2.05) is 0 Å². The van der Waals surface area contributed by atoms with E-state index < -0.39 is 18.0 Å². The highest BCUT2D eigenvalue weighted by Crippen LogP contribution is 2.11. The molecule has 0 aromatic heterocycles. The second-order valence-corrected chi connectivity index (χ2v) is 5.09. The van der Waals surface area contributed by atoms with Crippen molar-refractivity contribution in [2.45, 2.75) is 25.4 Å². The van der Waals surface area contributed by atoms with Crippen molar-refractivity contribution < 1.29 is 19.8 Å². The predicted octanol–water partition coefficient (Wildman–Crippen LogP) is 1.22. The summed E-state index contributed by atoms with van der Waals surface area (Å²) in [4.78, 5) is 22.1. The number of carboxylic acid groups (broad SMARTS) is 1. The van der Waals surface area contributed by atoms with Gasteiger partial charge < -0.3 is 15.5 Å². The van der Waals surface area contributed by atoms with E-state index in [-0.39, 0.29) is 18.9 Å². The molecule has 104 valence electrons. The Balaban J connectivity index is 2.46. The van der Waals surface area contributed by atoms with Gasteiger partial charge >= 0.3 is 5.97 Å². The van der Waals surface area contributed by atoms with Crippen LogP contribution < -0.4 is 5.32 Å². The third-order valence-electron chi connectivity index (χ3n) is 2.45. The summed E-state index contributed by atoms with van der Waals surface area (Å²) in [6.07, 6.45) is -0.297. The molecule has 1 aromatic rings. The number of benzene rings is 1. The zero-order valence-electron chi connectivity index (χ0n) is 10.5. The molecule has 1 aromatic carbocycles. The lowest BCUT2D eigenvalue weighted by molar-refractivity contribution is -0.142. The fourth-order valence-corrected chi connectivity index (χ4v) is 1.78. The highest BCUT2D eigenvalue weighted by atomic mass is 35.5. The van der Waals surface area contributed by atoms with Crippen LogP contribution in [0.4, 0.5) is 0 Å². The highest BCUT2D eigenvalue weighted by molar-refractivity contribution is 6.30. The van der Waals surface area contributed by atoms with E-state index in [9.17, 15) is 14.7 Å². The van der Waals surface area contributed by atoms with Gasteiger partial charge in [-0.1, -0.05) is 23.7 Å². The molecular formula is C13H16ClNO4. The van der Waals surface area contributed by atoms with Crippen LogP contribution in [0.1, 0.15) is 18.9 Å². The highest BCUT2D eigenvalue weighted by Gasteiger charge is 2.24. The molecular weight excluding hydrogens is 270 g/mol. The van der Waals surface area contributed by atoms with Gasteiger partial charge in [0, 0.05) is 11.6 Å². The van der Waals surface area contributed by atoms with Gasteiger partial charge in [0.1, 0.15) is 0 Å². The molecule has 0 bridgehead atoms. The van der Waals surface area contributed by atoms with E-state index in [1.165, 1.54) is 6.92 Å². The van der Waals surface area contributed by atoms with Crippen molar-refractivity contribution in [2.24, 2.45) is 0 Å². The molecule has 6 heteroatoms. The third kappa shape index (κ3) is 6.22. The maximum Gasteiger partial charge on any atom is 0.306 e. The number of amides is 1. The first-order valence-corrected chi connectivity index (χ1v) is 6.12. The van der Waals surface area contributed by atoms with Crippen LogP contribution in [0.15, 0.2) is 24.3 Å². The van der Waals surface area contributed by atoms with Crippen LogP contribution in [0.25, 0.3) is 0 Å². The number of carbonyl (C=O) groups excluding carboxylic acids is 1. The minimum atomic E-state index is -1.46. The maximum absolute atomic E-state index is 11.6. The molecule has 1 unspecified atom stereocenters. The fraction of sp³-hybridized carbons (Fsp3) is 0.385. The molecule has 1 atom stereocenters. The quantitative estimate of drug-likeness (QED) is 0.733. The second kappa shape index (κ2) is 6.54. The Morgan fingerprint density at radius 1 is 1.42 bits per heavy atom. The second-order valence-electron chi connectivity index (χ2n) is 4.65. The molecule has 3 N–H and O–H groups in total. The molecule has 0 saturated carbocycles. The molecule has 0 heterocycles. The Kier molecular flexibility index (Phi) is 5.32. The average Bonchev–Trinajstić information content (AvgIpc) is 2.25. The van der Waals surface area contributed by atoms with E-state index in [0.717, 1.165) is 5.56 Å². The molecule has 1 amide bonds. The van der Waals surface area contributed by atoms with Crippen LogP contribution in [0.3, 0.4) is 0 Å². The molecule has 0 saturated heterocycles. The predicted molar refractivity (Wildman–Crippen MR) is 71.0 cm³/mol. The maximum atomic E-state index is 11.6. The number of halogens is 1. The molecule has 0 aliphatic rings. The monoisotopic (exact) mass is 285 g/mol. The summed E-state index contributed by atoms with van der Waals surface area (Å²) >= 11 is 5.80. The number of aliphatic hydroxyl groups is 1. The number of hydrogen-bond donors (Lipinski definition) is 3. The summed E-state index contributed by atoms with van der Waals surface area (Å²) in [6.45, 7) is 1.25. The SMILES string of the molecule is CC(O)(CNC(=O)Cc1cccc(Cl)c1)CC(=O)O. The molecule has 0 spiro atoms. The van der Waals surface area contributed by atoms with Gasteiger partial charge in [0.2, 0.25) is 5.91 Å². The van der Waals surface area contributed by atoms with Crippen LogP contribution in [0.2, 0.25) is 5.02 Å².